The molecule has 1 aromatic rings. The molecule has 128 valence electrons. The highest BCUT2D eigenvalue weighted by atomic mass is 16.5. The van der Waals surface area contributed by atoms with Gasteiger partial charge in [0, 0.05) is 13.1 Å². The highest BCUT2D eigenvalue weighted by molar-refractivity contribution is 5.80. The second-order valence-electron chi connectivity index (χ2n) is 5.52. The number of hydrogen-bond donors (Lipinski definition) is 0. The maximum atomic E-state index is 12.5. The summed E-state index contributed by atoms with van der Waals surface area (Å²) in [6.07, 6.45) is 1.17. The maximum Gasteiger partial charge on any atom is 0.310 e. The fourth-order valence-electron chi connectivity index (χ4n) is 2.35. The third-order valence-corrected chi connectivity index (χ3v) is 3.53. The van der Waals surface area contributed by atoms with Crippen LogP contribution in [0, 0.1) is 5.92 Å². The number of hydrogen-bond acceptors (Lipinski definition) is 4. The highest BCUT2D eigenvalue weighted by Gasteiger charge is 2.21. The SMILES string of the molecule is CCCN(CC(C)C(=O)OC)C(=O)Cc1ccc(OCC)cc1. The van der Waals surface area contributed by atoms with E-state index in [1.165, 1.54) is 7.11 Å². The van der Waals surface area contributed by atoms with E-state index in [2.05, 4.69) is 0 Å². The van der Waals surface area contributed by atoms with Crippen molar-refractivity contribution in [1.29, 1.82) is 0 Å². The van der Waals surface area contributed by atoms with Crippen LogP contribution in [-0.4, -0.2) is 43.6 Å². The molecule has 0 aliphatic carbocycles. The summed E-state index contributed by atoms with van der Waals surface area (Å²) in [5.74, 6) is 0.205. The van der Waals surface area contributed by atoms with Crippen molar-refractivity contribution in [2.45, 2.75) is 33.6 Å². The first kappa shape index (κ1) is 19.0. The molecule has 0 aromatic heterocycles. The van der Waals surface area contributed by atoms with Crippen molar-refractivity contribution >= 4 is 11.9 Å². The molecule has 0 saturated heterocycles. The summed E-state index contributed by atoms with van der Waals surface area (Å²) in [5, 5.41) is 0. The molecule has 0 N–H and O–H groups in total. The Labute approximate surface area is 138 Å². The van der Waals surface area contributed by atoms with Crippen LogP contribution in [0.15, 0.2) is 24.3 Å². The molecule has 0 bridgehead atoms. The van der Waals surface area contributed by atoms with E-state index < -0.39 is 0 Å². The van der Waals surface area contributed by atoms with E-state index >= 15 is 0 Å². The van der Waals surface area contributed by atoms with E-state index in [4.69, 9.17) is 9.47 Å². The van der Waals surface area contributed by atoms with Crippen molar-refractivity contribution in [3.05, 3.63) is 29.8 Å². The fourth-order valence-corrected chi connectivity index (χ4v) is 2.35. The lowest BCUT2D eigenvalue weighted by atomic mass is 10.1. The van der Waals surface area contributed by atoms with Gasteiger partial charge < -0.3 is 14.4 Å². The van der Waals surface area contributed by atoms with E-state index in [9.17, 15) is 9.59 Å². The molecule has 1 atom stereocenters. The minimum Gasteiger partial charge on any atom is -0.494 e. The molecule has 0 aliphatic rings. The van der Waals surface area contributed by atoms with Crippen LogP contribution in [-0.2, 0) is 20.7 Å². The van der Waals surface area contributed by atoms with Crippen LogP contribution < -0.4 is 4.74 Å². The van der Waals surface area contributed by atoms with E-state index in [1.807, 2.05) is 38.1 Å². The largest absolute Gasteiger partial charge is 0.494 e. The third kappa shape index (κ3) is 6.30. The molecule has 0 radical (unpaired) electrons. The van der Waals surface area contributed by atoms with E-state index in [1.54, 1.807) is 11.8 Å². The number of esters is 1. The lowest BCUT2D eigenvalue weighted by Crippen LogP contribution is -2.38. The summed E-state index contributed by atoms with van der Waals surface area (Å²) < 4.78 is 10.1. The van der Waals surface area contributed by atoms with E-state index in [0.717, 1.165) is 17.7 Å². The molecule has 23 heavy (non-hydrogen) atoms. The van der Waals surface area contributed by atoms with Gasteiger partial charge in [0.05, 0.1) is 26.1 Å². The molecule has 0 saturated carbocycles. The number of nitrogens with zero attached hydrogens (tertiary/aromatic N) is 1. The number of methoxy groups -OCH3 is 1. The Hall–Kier alpha value is -2.04. The Morgan fingerprint density at radius 3 is 2.35 bits per heavy atom. The van der Waals surface area contributed by atoms with Gasteiger partial charge in [0.25, 0.3) is 0 Å². The maximum absolute atomic E-state index is 12.5. The van der Waals surface area contributed by atoms with Gasteiger partial charge in [-0.25, -0.2) is 0 Å². The molecule has 1 rings (SSSR count). The van der Waals surface area contributed by atoms with Crippen LogP contribution in [0.4, 0.5) is 0 Å². The van der Waals surface area contributed by atoms with Crippen LogP contribution in [0.25, 0.3) is 0 Å². The van der Waals surface area contributed by atoms with Crippen molar-refractivity contribution in [3.63, 3.8) is 0 Å². The highest BCUT2D eigenvalue weighted by Crippen LogP contribution is 2.14. The van der Waals surface area contributed by atoms with Crippen molar-refractivity contribution in [2.75, 3.05) is 26.8 Å². The van der Waals surface area contributed by atoms with Gasteiger partial charge in [0.1, 0.15) is 5.75 Å². The number of ether oxygens (including phenoxy) is 2. The summed E-state index contributed by atoms with van der Waals surface area (Å²) in [5.41, 5.74) is 0.935. The first-order valence-corrected chi connectivity index (χ1v) is 8.09. The first-order chi connectivity index (χ1) is 11.0. The minimum absolute atomic E-state index is 0.0202. The Kier molecular flexibility index (Phi) is 8.16. The summed E-state index contributed by atoms with van der Waals surface area (Å²) >= 11 is 0. The van der Waals surface area contributed by atoms with Crippen molar-refractivity contribution in [1.82, 2.24) is 4.90 Å². The zero-order valence-electron chi connectivity index (χ0n) is 14.5. The molecule has 0 aliphatic heterocycles. The molecular weight excluding hydrogens is 294 g/mol. The standard InChI is InChI=1S/C18H27NO4/c1-5-11-19(13-14(3)18(21)22-4)17(20)12-15-7-9-16(10-8-15)23-6-2/h7-10,14H,5-6,11-13H2,1-4H3. The summed E-state index contributed by atoms with van der Waals surface area (Å²) in [6.45, 7) is 7.36. The average Bonchev–Trinajstić information content (AvgIpc) is 2.55. The van der Waals surface area contributed by atoms with Crippen molar-refractivity contribution in [2.24, 2.45) is 5.92 Å². The topological polar surface area (TPSA) is 55.8 Å². The molecule has 1 amide bonds. The number of carbonyl (C=O) groups excluding carboxylic acids is 2. The molecule has 0 fully saturated rings. The van der Waals surface area contributed by atoms with E-state index in [0.29, 0.717) is 26.1 Å². The minimum atomic E-state index is -0.323. The van der Waals surface area contributed by atoms with Gasteiger partial charge in [-0.3, -0.25) is 9.59 Å². The Bertz CT molecular complexity index is 498. The van der Waals surface area contributed by atoms with Gasteiger partial charge in [-0.05, 0) is 31.0 Å². The summed E-state index contributed by atoms with van der Waals surface area (Å²) in [4.78, 5) is 25.8. The van der Waals surface area contributed by atoms with Gasteiger partial charge in [-0.1, -0.05) is 26.0 Å². The van der Waals surface area contributed by atoms with Gasteiger partial charge in [0.2, 0.25) is 5.91 Å². The quantitative estimate of drug-likeness (QED) is 0.656. The second-order valence-corrected chi connectivity index (χ2v) is 5.52. The molecule has 1 unspecified atom stereocenters. The summed E-state index contributed by atoms with van der Waals surface area (Å²) in [7, 11) is 1.37. The third-order valence-electron chi connectivity index (χ3n) is 3.53. The zero-order chi connectivity index (χ0) is 17.2. The zero-order valence-corrected chi connectivity index (χ0v) is 14.5. The smallest absolute Gasteiger partial charge is 0.310 e. The van der Waals surface area contributed by atoms with E-state index in [-0.39, 0.29) is 17.8 Å². The molecule has 5 nitrogen and oxygen atoms in total. The lowest BCUT2D eigenvalue weighted by Gasteiger charge is -2.24. The normalized spacial score (nSPS) is 11.7. The van der Waals surface area contributed by atoms with Gasteiger partial charge in [-0.15, -0.1) is 0 Å². The van der Waals surface area contributed by atoms with Crippen LogP contribution in [0.1, 0.15) is 32.8 Å². The monoisotopic (exact) mass is 321 g/mol. The molecule has 5 heteroatoms. The van der Waals surface area contributed by atoms with Gasteiger partial charge >= 0.3 is 5.97 Å². The Balaban J connectivity index is 2.67. The number of carbonyl (C=O) groups is 2. The van der Waals surface area contributed by atoms with Gasteiger partial charge in [0.15, 0.2) is 0 Å². The summed E-state index contributed by atoms with van der Waals surface area (Å²) in [6, 6.07) is 7.54. The first-order valence-electron chi connectivity index (χ1n) is 8.09. The number of rotatable bonds is 9. The van der Waals surface area contributed by atoms with Crippen LogP contribution >= 0.6 is 0 Å². The Morgan fingerprint density at radius 1 is 1.17 bits per heavy atom. The predicted octanol–water partition coefficient (Wildman–Crippen LogP) is 2.68. The molecule has 0 heterocycles. The predicted molar refractivity (Wildman–Crippen MR) is 89.4 cm³/mol. The Morgan fingerprint density at radius 2 is 1.83 bits per heavy atom. The van der Waals surface area contributed by atoms with Crippen LogP contribution in [0.3, 0.4) is 0 Å². The van der Waals surface area contributed by atoms with Crippen LogP contribution in [0.2, 0.25) is 0 Å². The second kappa shape index (κ2) is 9.87. The van der Waals surface area contributed by atoms with Crippen molar-refractivity contribution in [3.8, 4) is 5.75 Å². The molecule has 0 spiro atoms. The van der Waals surface area contributed by atoms with Crippen molar-refractivity contribution < 1.29 is 19.1 Å². The van der Waals surface area contributed by atoms with Gasteiger partial charge in [-0.2, -0.15) is 0 Å². The number of amides is 1. The number of benzene rings is 1. The van der Waals surface area contributed by atoms with Crippen LogP contribution in [0.5, 0.6) is 5.75 Å². The average molecular weight is 321 g/mol. The molecular formula is C18H27NO4. The molecule has 1 aromatic carbocycles. The fraction of sp³-hybridized carbons (Fsp3) is 0.556. The lowest BCUT2D eigenvalue weighted by molar-refractivity contribution is -0.146.